The fraction of sp³-hybridized carbons (Fsp3) is 0.200. The first-order valence-electron chi connectivity index (χ1n) is 6.09. The van der Waals surface area contributed by atoms with Crippen LogP contribution in [-0.2, 0) is 0 Å². The number of aromatic nitrogens is 3. The molecule has 19 heavy (non-hydrogen) atoms. The lowest BCUT2D eigenvalue weighted by Crippen LogP contribution is -1.94. The zero-order valence-electron chi connectivity index (χ0n) is 11.5. The molecule has 4 nitrogen and oxygen atoms in total. The van der Waals surface area contributed by atoms with Crippen molar-refractivity contribution in [2.75, 3.05) is 0 Å². The van der Waals surface area contributed by atoms with E-state index in [1.54, 1.807) is 6.20 Å². The van der Waals surface area contributed by atoms with Crippen LogP contribution in [0, 0.1) is 6.92 Å². The predicted octanol–water partition coefficient (Wildman–Crippen LogP) is 3.09. The van der Waals surface area contributed by atoms with Gasteiger partial charge >= 0.3 is 0 Å². The van der Waals surface area contributed by atoms with Gasteiger partial charge in [-0.15, -0.1) is 0 Å². The molecule has 4 heteroatoms. The Balaban J connectivity index is 2.42. The van der Waals surface area contributed by atoms with E-state index < -0.39 is 0 Å². The molecule has 2 rings (SSSR count). The molecule has 2 heterocycles. The summed E-state index contributed by atoms with van der Waals surface area (Å²) in [5, 5.41) is 0. The van der Waals surface area contributed by atoms with E-state index in [1.807, 2.05) is 39.1 Å². The van der Waals surface area contributed by atoms with E-state index in [9.17, 15) is 0 Å². The number of hydrogen-bond donors (Lipinski definition) is 2. The van der Waals surface area contributed by atoms with Crippen molar-refractivity contribution in [1.29, 1.82) is 0 Å². The summed E-state index contributed by atoms with van der Waals surface area (Å²) in [6, 6.07) is 0. The molecule has 0 aliphatic heterocycles. The average molecular weight is 254 g/mol. The van der Waals surface area contributed by atoms with Crippen molar-refractivity contribution < 1.29 is 0 Å². The number of fused-ring (bicyclic) bond motifs is 1. The minimum Gasteiger partial charge on any atom is -0.399 e. The highest BCUT2D eigenvalue weighted by atomic mass is 14.9. The first-order chi connectivity index (χ1) is 8.97. The van der Waals surface area contributed by atoms with E-state index >= 15 is 0 Å². The van der Waals surface area contributed by atoms with Crippen LogP contribution < -0.4 is 5.73 Å². The standard InChI is InChI=1S/C15H18N4/c1-9(2)5-12(16)6-10(3)13-8-18-15-14(13)19-11(4)7-17-15/h5-8H,3,16H2,1-2,4H3,(H,17,18)/b12-6+. The number of H-pyrrole nitrogens is 1. The Hall–Kier alpha value is -2.36. The number of aromatic amines is 1. The van der Waals surface area contributed by atoms with Crippen molar-refractivity contribution in [3.05, 3.63) is 53.7 Å². The van der Waals surface area contributed by atoms with E-state index in [2.05, 4.69) is 21.5 Å². The molecule has 2 aromatic heterocycles. The molecule has 2 aromatic rings. The van der Waals surface area contributed by atoms with Crippen LogP contribution in [0.15, 0.2) is 42.4 Å². The highest BCUT2D eigenvalue weighted by molar-refractivity contribution is 5.90. The lowest BCUT2D eigenvalue weighted by atomic mass is 10.1. The van der Waals surface area contributed by atoms with Crippen LogP contribution in [0.1, 0.15) is 25.1 Å². The third-order valence-electron chi connectivity index (χ3n) is 2.64. The normalized spacial score (nSPS) is 11.6. The molecule has 0 saturated carbocycles. The molecule has 0 atom stereocenters. The topological polar surface area (TPSA) is 67.6 Å². The van der Waals surface area contributed by atoms with Gasteiger partial charge in [0.05, 0.1) is 11.9 Å². The summed E-state index contributed by atoms with van der Waals surface area (Å²) in [5.74, 6) is 0. The molecule has 0 unspecified atom stereocenters. The molecule has 0 aromatic carbocycles. The summed E-state index contributed by atoms with van der Waals surface area (Å²) < 4.78 is 0. The highest BCUT2D eigenvalue weighted by Crippen LogP contribution is 2.22. The smallest absolute Gasteiger partial charge is 0.156 e. The maximum atomic E-state index is 5.93. The van der Waals surface area contributed by atoms with Crippen LogP contribution in [0.3, 0.4) is 0 Å². The lowest BCUT2D eigenvalue weighted by molar-refractivity contribution is 1.17. The van der Waals surface area contributed by atoms with Crippen molar-refractivity contribution in [3.8, 4) is 0 Å². The van der Waals surface area contributed by atoms with Gasteiger partial charge in [-0.1, -0.05) is 12.2 Å². The molecule has 0 saturated heterocycles. The fourth-order valence-corrected chi connectivity index (χ4v) is 1.88. The molecule has 0 amide bonds. The van der Waals surface area contributed by atoms with Gasteiger partial charge in [0.2, 0.25) is 0 Å². The van der Waals surface area contributed by atoms with Gasteiger partial charge in [0.1, 0.15) is 5.52 Å². The first-order valence-corrected chi connectivity index (χ1v) is 6.09. The van der Waals surface area contributed by atoms with Crippen molar-refractivity contribution in [2.24, 2.45) is 5.73 Å². The molecule has 98 valence electrons. The Morgan fingerprint density at radius 2 is 2.11 bits per heavy atom. The molecule has 0 aliphatic carbocycles. The SMILES string of the molecule is C=C(/C=C(/N)C=C(C)C)c1c[nH]c2ncc(C)nc12. The molecule has 0 spiro atoms. The molecule has 0 radical (unpaired) electrons. The summed E-state index contributed by atoms with van der Waals surface area (Å²) >= 11 is 0. The van der Waals surface area contributed by atoms with Crippen LogP contribution in [0.5, 0.6) is 0 Å². The Labute approximate surface area is 112 Å². The second kappa shape index (κ2) is 5.10. The van der Waals surface area contributed by atoms with Gasteiger partial charge in [-0.25, -0.2) is 9.97 Å². The van der Waals surface area contributed by atoms with Gasteiger partial charge < -0.3 is 10.7 Å². The molecular formula is C15H18N4. The molecule has 3 N–H and O–H groups in total. The number of nitrogens with two attached hydrogens (primary N) is 1. The number of rotatable bonds is 3. The second-order valence-electron chi connectivity index (χ2n) is 4.80. The largest absolute Gasteiger partial charge is 0.399 e. The summed E-state index contributed by atoms with van der Waals surface area (Å²) in [5.41, 5.74) is 12.0. The van der Waals surface area contributed by atoms with Crippen molar-refractivity contribution >= 4 is 16.7 Å². The number of allylic oxidation sites excluding steroid dienone is 4. The Bertz CT molecular complexity index is 685. The van der Waals surface area contributed by atoms with E-state index in [4.69, 9.17) is 5.73 Å². The quantitative estimate of drug-likeness (QED) is 0.827. The fourth-order valence-electron chi connectivity index (χ4n) is 1.88. The van der Waals surface area contributed by atoms with Crippen molar-refractivity contribution in [2.45, 2.75) is 20.8 Å². The minimum atomic E-state index is 0.681. The maximum absolute atomic E-state index is 5.93. The molecular weight excluding hydrogens is 236 g/mol. The molecule has 0 aliphatic rings. The van der Waals surface area contributed by atoms with Gasteiger partial charge in [0.15, 0.2) is 5.65 Å². The van der Waals surface area contributed by atoms with E-state index in [0.717, 1.165) is 33.6 Å². The highest BCUT2D eigenvalue weighted by Gasteiger charge is 2.08. The lowest BCUT2D eigenvalue weighted by Gasteiger charge is -2.00. The minimum absolute atomic E-state index is 0.681. The Kier molecular flexibility index (Phi) is 3.51. The summed E-state index contributed by atoms with van der Waals surface area (Å²) in [6.07, 6.45) is 7.36. The monoisotopic (exact) mass is 254 g/mol. The van der Waals surface area contributed by atoms with Gasteiger partial charge in [0, 0.05) is 17.5 Å². The van der Waals surface area contributed by atoms with E-state index in [1.165, 1.54) is 0 Å². The number of hydrogen-bond acceptors (Lipinski definition) is 3. The van der Waals surface area contributed by atoms with Crippen molar-refractivity contribution in [3.63, 3.8) is 0 Å². The summed E-state index contributed by atoms with van der Waals surface area (Å²) in [4.78, 5) is 11.9. The molecule has 0 fully saturated rings. The van der Waals surface area contributed by atoms with Gasteiger partial charge in [-0.2, -0.15) is 0 Å². The van der Waals surface area contributed by atoms with Crippen LogP contribution in [0.2, 0.25) is 0 Å². The zero-order valence-corrected chi connectivity index (χ0v) is 11.5. The van der Waals surface area contributed by atoms with Crippen LogP contribution in [0.25, 0.3) is 16.7 Å². The van der Waals surface area contributed by atoms with E-state index in [0.29, 0.717) is 5.70 Å². The third-order valence-corrected chi connectivity index (χ3v) is 2.64. The first kappa shape index (κ1) is 13.1. The molecule has 0 bridgehead atoms. The zero-order chi connectivity index (χ0) is 14.0. The average Bonchev–Trinajstić information content (AvgIpc) is 2.70. The van der Waals surface area contributed by atoms with Crippen LogP contribution in [0.4, 0.5) is 0 Å². The van der Waals surface area contributed by atoms with Crippen LogP contribution in [-0.4, -0.2) is 15.0 Å². The second-order valence-corrected chi connectivity index (χ2v) is 4.80. The van der Waals surface area contributed by atoms with Gasteiger partial charge in [-0.3, -0.25) is 0 Å². The van der Waals surface area contributed by atoms with Crippen LogP contribution >= 0.6 is 0 Å². The predicted molar refractivity (Wildman–Crippen MR) is 79.4 cm³/mol. The summed E-state index contributed by atoms with van der Waals surface area (Å²) in [6.45, 7) is 9.97. The van der Waals surface area contributed by atoms with E-state index in [-0.39, 0.29) is 0 Å². The Morgan fingerprint density at radius 3 is 2.79 bits per heavy atom. The number of nitrogens with one attached hydrogen (secondary N) is 1. The summed E-state index contributed by atoms with van der Waals surface area (Å²) in [7, 11) is 0. The number of nitrogens with zero attached hydrogens (tertiary/aromatic N) is 2. The number of aryl methyl sites for hydroxylation is 1. The Morgan fingerprint density at radius 1 is 1.37 bits per heavy atom. The van der Waals surface area contributed by atoms with Gasteiger partial charge in [0.25, 0.3) is 0 Å². The third kappa shape index (κ3) is 2.91. The van der Waals surface area contributed by atoms with Gasteiger partial charge in [-0.05, 0) is 38.5 Å². The maximum Gasteiger partial charge on any atom is 0.156 e. The van der Waals surface area contributed by atoms with Crippen molar-refractivity contribution in [1.82, 2.24) is 15.0 Å².